The molecule has 0 unspecified atom stereocenters. The fourth-order valence-corrected chi connectivity index (χ4v) is 3.60. The Bertz CT molecular complexity index is 1270. The van der Waals surface area contributed by atoms with Crippen molar-refractivity contribution in [3.63, 3.8) is 0 Å². The van der Waals surface area contributed by atoms with E-state index in [4.69, 9.17) is 23.2 Å². The maximum atomic E-state index is 12.4. The Morgan fingerprint density at radius 3 is 2.38 bits per heavy atom. The molecule has 0 aliphatic rings. The Balaban J connectivity index is 1.44. The number of nitrogens with zero attached hydrogens (tertiary/aromatic N) is 3. The quantitative estimate of drug-likeness (QED) is 0.392. The average Bonchev–Trinajstić information content (AvgIpc) is 3.18. The van der Waals surface area contributed by atoms with Crippen molar-refractivity contribution in [1.29, 1.82) is 0 Å². The van der Waals surface area contributed by atoms with Crippen molar-refractivity contribution in [1.82, 2.24) is 14.6 Å². The number of anilines is 1. The molecule has 0 saturated carbocycles. The summed E-state index contributed by atoms with van der Waals surface area (Å²) in [5, 5.41) is 6.22. The SMILES string of the molecule is O=C(Cc1ccc(-c2ccn3ncnc3c2)cc1)Nc1c(Cl)cc(OC(F)(F)F)cc1Cl. The van der Waals surface area contributed by atoms with Gasteiger partial charge in [0, 0.05) is 18.3 Å². The van der Waals surface area contributed by atoms with Crippen molar-refractivity contribution < 1.29 is 22.7 Å². The van der Waals surface area contributed by atoms with Gasteiger partial charge in [-0.05, 0) is 28.8 Å². The molecule has 1 N–H and O–H groups in total. The van der Waals surface area contributed by atoms with E-state index in [0.29, 0.717) is 5.65 Å². The first-order valence-electron chi connectivity index (χ1n) is 9.11. The largest absolute Gasteiger partial charge is 0.573 e. The monoisotopic (exact) mass is 480 g/mol. The predicted molar refractivity (Wildman–Crippen MR) is 114 cm³/mol. The van der Waals surface area contributed by atoms with Crippen molar-refractivity contribution in [2.24, 2.45) is 0 Å². The van der Waals surface area contributed by atoms with Crippen LogP contribution in [0.15, 0.2) is 61.1 Å². The molecule has 2 heterocycles. The smallest absolute Gasteiger partial charge is 0.406 e. The van der Waals surface area contributed by atoms with Gasteiger partial charge in [-0.1, -0.05) is 47.5 Å². The summed E-state index contributed by atoms with van der Waals surface area (Å²) in [4.78, 5) is 16.6. The van der Waals surface area contributed by atoms with Gasteiger partial charge in [-0.2, -0.15) is 5.10 Å². The highest BCUT2D eigenvalue weighted by atomic mass is 35.5. The molecule has 32 heavy (non-hydrogen) atoms. The Kier molecular flexibility index (Phi) is 5.94. The van der Waals surface area contributed by atoms with Crippen molar-refractivity contribution in [3.8, 4) is 16.9 Å². The second-order valence-electron chi connectivity index (χ2n) is 6.71. The van der Waals surface area contributed by atoms with E-state index in [0.717, 1.165) is 28.8 Å². The number of amides is 1. The van der Waals surface area contributed by atoms with Gasteiger partial charge in [0.05, 0.1) is 22.2 Å². The van der Waals surface area contributed by atoms with Gasteiger partial charge in [0.2, 0.25) is 5.91 Å². The maximum Gasteiger partial charge on any atom is 0.573 e. The molecule has 0 spiro atoms. The summed E-state index contributed by atoms with van der Waals surface area (Å²) in [7, 11) is 0. The fourth-order valence-electron chi connectivity index (χ4n) is 3.04. The van der Waals surface area contributed by atoms with Crippen LogP contribution in [0.1, 0.15) is 5.56 Å². The molecule has 11 heteroatoms. The number of rotatable bonds is 5. The molecule has 2 aromatic heterocycles. The summed E-state index contributed by atoms with van der Waals surface area (Å²) < 4.78 is 42.5. The number of fused-ring (bicyclic) bond motifs is 1. The molecule has 164 valence electrons. The summed E-state index contributed by atoms with van der Waals surface area (Å²) >= 11 is 11.9. The number of nitrogens with one attached hydrogen (secondary N) is 1. The van der Waals surface area contributed by atoms with Crippen LogP contribution < -0.4 is 10.1 Å². The van der Waals surface area contributed by atoms with Crippen molar-refractivity contribution >= 4 is 40.4 Å². The first kappa shape index (κ1) is 21.9. The van der Waals surface area contributed by atoms with Gasteiger partial charge in [0.15, 0.2) is 5.65 Å². The Morgan fingerprint density at radius 1 is 1.03 bits per heavy atom. The first-order valence-corrected chi connectivity index (χ1v) is 9.87. The average molecular weight is 481 g/mol. The summed E-state index contributed by atoms with van der Waals surface area (Å²) in [5.41, 5.74) is 3.32. The number of halogens is 5. The second kappa shape index (κ2) is 8.68. The molecule has 4 rings (SSSR count). The van der Waals surface area contributed by atoms with Crippen LogP contribution in [-0.2, 0) is 11.2 Å². The second-order valence-corrected chi connectivity index (χ2v) is 7.52. The van der Waals surface area contributed by atoms with E-state index in [1.54, 1.807) is 22.8 Å². The molecule has 6 nitrogen and oxygen atoms in total. The third-order valence-corrected chi connectivity index (χ3v) is 5.04. The summed E-state index contributed by atoms with van der Waals surface area (Å²) in [5.74, 6) is -1.01. The van der Waals surface area contributed by atoms with Gasteiger partial charge >= 0.3 is 6.36 Å². The van der Waals surface area contributed by atoms with Gasteiger partial charge in [-0.3, -0.25) is 4.79 Å². The van der Waals surface area contributed by atoms with Crippen molar-refractivity contribution in [2.75, 3.05) is 5.32 Å². The number of aromatic nitrogens is 3. The zero-order valence-corrected chi connectivity index (χ0v) is 17.5. The Hall–Kier alpha value is -3.30. The lowest BCUT2D eigenvalue weighted by atomic mass is 10.0. The highest BCUT2D eigenvalue weighted by molar-refractivity contribution is 6.40. The minimum absolute atomic E-state index is 0.00564. The van der Waals surface area contributed by atoms with Crippen LogP contribution in [0.3, 0.4) is 0 Å². The number of hydrogen-bond donors (Lipinski definition) is 1. The van der Waals surface area contributed by atoms with Crippen LogP contribution in [-0.4, -0.2) is 26.9 Å². The van der Waals surface area contributed by atoms with Gasteiger partial charge in [-0.15, -0.1) is 13.2 Å². The molecular formula is C21H13Cl2F3N4O2. The molecule has 0 radical (unpaired) electrons. The topological polar surface area (TPSA) is 68.5 Å². The van der Waals surface area contributed by atoms with Crippen molar-refractivity contribution in [2.45, 2.75) is 12.8 Å². The van der Waals surface area contributed by atoms with Gasteiger partial charge in [0.25, 0.3) is 0 Å². The molecule has 2 aromatic carbocycles. The van der Waals surface area contributed by atoms with E-state index >= 15 is 0 Å². The van der Waals surface area contributed by atoms with Crippen molar-refractivity contribution in [3.05, 3.63) is 76.7 Å². The number of pyridine rings is 1. The Labute approximate surface area is 189 Å². The zero-order chi connectivity index (χ0) is 22.9. The standard InChI is InChI=1S/C21H13Cl2F3N4O2/c22-16-9-15(32-21(24,25)26)10-17(23)20(16)29-19(31)7-12-1-3-13(4-2-12)14-5-6-30-18(8-14)27-11-28-30/h1-6,8-11H,7H2,(H,29,31). The van der Waals surface area contributed by atoms with Crippen LogP contribution in [0.25, 0.3) is 16.8 Å². The van der Waals surface area contributed by atoms with E-state index in [-0.39, 0.29) is 22.2 Å². The summed E-state index contributed by atoms with van der Waals surface area (Å²) in [6.07, 6.45) is -1.60. The number of benzene rings is 2. The van der Waals surface area contributed by atoms with Gasteiger partial charge in [-0.25, -0.2) is 9.50 Å². The minimum atomic E-state index is -4.88. The van der Waals surface area contributed by atoms with Crippen LogP contribution in [0.5, 0.6) is 5.75 Å². The number of ether oxygens (including phenoxy) is 1. The lowest BCUT2D eigenvalue weighted by Crippen LogP contribution is -2.18. The number of carbonyl (C=O) groups excluding carboxylic acids is 1. The molecule has 0 atom stereocenters. The van der Waals surface area contributed by atoms with Gasteiger partial charge < -0.3 is 10.1 Å². The number of hydrogen-bond acceptors (Lipinski definition) is 4. The van der Waals surface area contributed by atoms with Crippen LogP contribution in [0.2, 0.25) is 10.0 Å². The molecule has 0 aliphatic carbocycles. The lowest BCUT2D eigenvalue weighted by molar-refractivity contribution is -0.274. The first-order chi connectivity index (χ1) is 15.2. The highest BCUT2D eigenvalue weighted by Crippen LogP contribution is 2.36. The zero-order valence-electron chi connectivity index (χ0n) is 16.0. The molecule has 1 amide bonds. The molecule has 0 fully saturated rings. The predicted octanol–water partition coefficient (Wildman–Crippen LogP) is 5.78. The van der Waals surface area contributed by atoms with E-state index < -0.39 is 18.0 Å². The number of carbonyl (C=O) groups is 1. The summed E-state index contributed by atoms with van der Waals surface area (Å²) in [6, 6.07) is 13.0. The Morgan fingerprint density at radius 2 is 1.72 bits per heavy atom. The van der Waals surface area contributed by atoms with Crippen LogP contribution in [0.4, 0.5) is 18.9 Å². The van der Waals surface area contributed by atoms with E-state index in [1.165, 1.54) is 6.33 Å². The maximum absolute atomic E-state index is 12.4. The minimum Gasteiger partial charge on any atom is -0.406 e. The van der Waals surface area contributed by atoms with Crippen LogP contribution >= 0.6 is 23.2 Å². The molecule has 0 saturated heterocycles. The third-order valence-electron chi connectivity index (χ3n) is 4.45. The molecular weight excluding hydrogens is 468 g/mol. The molecule has 0 bridgehead atoms. The molecule has 4 aromatic rings. The third kappa shape index (κ3) is 5.12. The van der Waals surface area contributed by atoms with E-state index in [2.05, 4.69) is 20.1 Å². The normalized spacial score (nSPS) is 11.5. The fraction of sp³-hybridized carbons (Fsp3) is 0.0952. The van der Waals surface area contributed by atoms with Gasteiger partial charge in [0.1, 0.15) is 12.1 Å². The van der Waals surface area contributed by atoms with Crippen LogP contribution in [0, 0.1) is 0 Å². The summed E-state index contributed by atoms with van der Waals surface area (Å²) in [6.45, 7) is 0. The van der Waals surface area contributed by atoms with E-state index in [9.17, 15) is 18.0 Å². The van der Waals surface area contributed by atoms with E-state index in [1.807, 2.05) is 24.3 Å². The highest BCUT2D eigenvalue weighted by Gasteiger charge is 2.31. The lowest BCUT2D eigenvalue weighted by Gasteiger charge is -2.13. The number of alkyl halides is 3. The molecule has 0 aliphatic heterocycles.